The summed E-state index contributed by atoms with van der Waals surface area (Å²) in [5.74, 6) is 5.74. The van der Waals surface area contributed by atoms with Gasteiger partial charge in [0, 0.05) is 6.42 Å². The molecule has 0 aliphatic heterocycles. The summed E-state index contributed by atoms with van der Waals surface area (Å²) in [7, 11) is 0. The van der Waals surface area contributed by atoms with Crippen molar-refractivity contribution in [3.05, 3.63) is 11.6 Å². The fourth-order valence-electron chi connectivity index (χ4n) is 9.61. The predicted octanol–water partition coefficient (Wildman–Crippen LogP) is 8.81. The van der Waals surface area contributed by atoms with E-state index in [9.17, 15) is 4.79 Å². The van der Waals surface area contributed by atoms with E-state index in [1.165, 1.54) is 51.4 Å². The average molecular weight is 491 g/mol. The van der Waals surface area contributed by atoms with Crippen LogP contribution in [0.15, 0.2) is 11.6 Å². The summed E-state index contributed by atoms with van der Waals surface area (Å²) in [5, 5.41) is 0. The molecule has 4 rings (SSSR count). The molecule has 0 bridgehead atoms. The Hall–Kier alpha value is -0.500. The van der Waals surface area contributed by atoms with Gasteiger partial charge >= 0.3 is 5.97 Å². The van der Waals surface area contributed by atoms with E-state index in [0.717, 1.165) is 60.7 Å². The molecular weight excluding hydrogens is 440 g/mol. The maximum absolute atomic E-state index is 11.8. The van der Waals surface area contributed by atoms with Gasteiger partial charge in [-0.05, 0) is 104 Å². The van der Waals surface area contributed by atoms with Crippen molar-refractivity contribution in [3.63, 3.8) is 0 Å². The zero-order chi connectivity index (χ0) is 24.7. The largest absolute Gasteiger partial charge is 0.461 e. The number of hydrogen-bond donors (Lipinski definition) is 0. The van der Waals surface area contributed by atoms with Crippen LogP contribution in [-0.2, 0) is 9.53 Å². The van der Waals surface area contributed by atoms with Gasteiger partial charge in [0.15, 0.2) is 0 Å². The fourth-order valence-corrected chi connectivity index (χ4v) is 9.67. The van der Waals surface area contributed by atoms with Gasteiger partial charge in [0.2, 0.25) is 0 Å². The summed E-state index contributed by atoms with van der Waals surface area (Å²) >= 11 is 5.69. The molecule has 3 heteroatoms. The molecule has 0 aromatic heterocycles. The Labute approximate surface area is 215 Å². The number of hydrogen-bond acceptors (Lipinski definition) is 2. The smallest absolute Gasteiger partial charge is 0.321 e. The molecule has 194 valence electrons. The van der Waals surface area contributed by atoms with Crippen LogP contribution >= 0.6 is 11.6 Å². The molecule has 4 aliphatic carbocycles. The monoisotopic (exact) mass is 490 g/mol. The molecular formula is C31H51ClO2. The van der Waals surface area contributed by atoms with E-state index in [1.807, 2.05) is 0 Å². The van der Waals surface area contributed by atoms with E-state index >= 15 is 0 Å². The Kier molecular flexibility index (Phi) is 8.18. The molecule has 0 saturated heterocycles. The van der Waals surface area contributed by atoms with Crippen LogP contribution in [0.2, 0.25) is 0 Å². The lowest BCUT2D eigenvalue weighted by atomic mass is 9.47. The molecule has 0 spiro atoms. The number of alkyl halides is 1. The number of carbonyl (C=O) groups excluding carboxylic acids is 1. The number of carbonyl (C=O) groups is 1. The maximum atomic E-state index is 11.8. The molecule has 2 nitrogen and oxygen atoms in total. The molecule has 4 aliphatic rings. The molecule has 0 aromatic carbocycles. The molecule has 3 saturated carbocycles. The third kappa shape index (κ3) is 4.76. The summed E-state index contributed by atoms with van der Waals surface area (Å²) in [6, 6.07) is 0. The minimum atomic E-state index is -0.261. The van der Waals surface area contributed by atoms with Gasteiger partial charge in [0.25, 0.3) is 0 Å². The van der Waals surface area contributed by atoms with Crippen molar-refractivity contribution in [2.75, 3.05) is 5.88 Å². The highest BCUT2D eigenvalue weighted by molar-refractivity contribution is 6.26. The van der Waals surface area contributed by atoms with E-state index in [1.54, 1.807) is 5.57 Å². The summed E-state index contributed by atoms with van der Waals surface area (Å²) in [6.07, 6.45) is 16.8. The molecule has 0 radical (unpaired) electrons. The topological polar surface area (TPSA) is 26.3 Å². The zero-order valence-corrected chi connectivity index (χ0v) is 23.6. The van der Waals surface area contributed by atoms with Gasteiger partial charge in [-0.25, -0.2) is 0 Å². The lowest BCUT2D eigenvalue weighted by Gasteiger charge is -2.58. The Morgan fingerprint density at radius 1 is 1.09 bits per heavy atom. The third-order valence-corrected chi connectivity index (χ3v) is 11.9. The SMILES string of the molecule is CC[C@H](CC[C@@H](C)C1CCC2C3CC=C4CC(OC(=O)CCl)CCC4(C)C3CCC21C)C(C)C. The van der Waals surface area contributed by atoms with Crippen molar-refractivity contribution in [1.29, 1.82) is 0 Å². The highest BCUT2D eigenvalue weighted by atomic mass is 35.5. The van der Waals surface area contributed by atoms with Crippen molar-refractivity contribution >= 4 is 17.6 Å². The van der Waals surface area contributed by atoms with Gasteiger partial charge < -0.3 is 4.74 Å². The first-order valence-electron chi connectivity index (χ1n) is 14.6. The van der Waals surface area contributed by atoms with Crippen LogP contribution in [0.5, 0.6) is 0 Å². The second kappa shape index (κ2) is 10.5. The summed E-state index contributed by atoms with van der Waals surface area (Å²) in [4.78, 5) is 11.8. The summed E-state index contributed by atoms with van der Waals surface area (Å²) in [6.45, 7) is 15.0. The van der Waals surface area contributed by atoms with Gasteiger partial charge in [-0.2, -0.15) is 0 Å². The van der Waals surface area contributed by atoms with Gasteiger partial charge in [-0.1, -0.05) is 66.0 Å². The minimum Gasteiger partial charge on any atom is -0.461 e. The van der Waals surface area contributed by atoms with E-state index in [0.29, 0.717) is 10.8 Å². The Morgan fingerprint density at radius 3 is 2.53 bits per heavy atom. The molecule has 0 N–H and O–H groups in total. The average Bonchev–Trinajstić information content (AvgIpc) is 3.16. The van der Waals surface area contributed by atoms with Crippen LogP contribution in [0.25, 0.3) is 0 Å². The normalized spacial score (nSPS) is 41.2. The first-order chi connectivity index (χ1) is 16.1. The van der Waals surface area contributed by atoms with Crippen LogP contribution in [0.4, 0.5) is 0 Å². The van der Waals surface area contributed by atoms with E-state index in [-0.39, 0.29) is 18.0 Å². The van der Waals surface area contributed by atoms with E-state index in [4.69, 9.17) is 16.3 Å². The van der Waals surface area contributed by atoms with Crippen LogP contribution < -0.4 is 0 Å². The van der Waals surface area contributed by atoms with Crippen molar-refractivity contribution in [1.82, 2.24) is 0 Å². The molecule has 0 amide bonds. The Balaban J connectivity index is 1.44. The standard InChI is InChI=1S/C31H51ClO2/c1-7-22(20(2)3)9-8-21(4)26-12-13-27-25-11-10-23-18-24(34-29(33)19-32)14-16-30(23,5)28(25)15-17-31(26,27)6/h10,20-22,24-28H,7-9,11-19H2,1-6H3/t21-,22-,24?,25?,26?,27?,28?,30?,31?/m1/s1. The van der Waals surface area contributed by atoms with Gasteiger partial charge in [-0.15, -0.1) is 11.6 Å². The van der Waals surface area contributed by atoms with Crippen LogP contribution in [0.3, 0.4) is 0 Å². The molecule has 9 atom stereocenters. The predicted molar refractivity (Wildman–Crippen MR) is 143 cm³/mol. The number of allylic oxidation sites excluding steroid dienone is 1. The number of rotatable bonds is 8. The van der Waals surface area contributed by atoms with E-state index < -0.39 is 0 Å². The summed E-state index contributed by atoms with van der Waals surface area (Å²) < 4.78 is 5.65. The Bertz CT molecular complexity index is 759. The fraction of sp³-hybridized carbons (Fsp3) is 0.903. The van der Waals surface area contributed by atoms with Crippen molar-refractivity contribution in [2.45, 2.75) is 118 Å². The lowest BCUT2D eigenvalue weighted by Crippen LogP contribution is -2.51. The van der Waals surface area contributed by atoms with Gasteiger partial charge in [-0.3, -0.25) is 4.79 Å². The second-order valence-electron chi connectivity index (χ2n) is 13.4. The van der Waals surface area contributed by atoms with Crippen LogP contribution in [-0.4, -0.2) is 18.0 Å². The van der Waals surface area contributed by atoms with Crippen molar-refractivity contribution in [2.24, 2.45) is 52.3 Å². The first-order valence-corrected chi connectivity index (χ1v) is 15.1. The number of halogens is 1. The molecule has 34 heavy (non-hydrogen) atoms. The lowest BCUT2D eigenvalue weighted by molar-refractivity contribution is -0.148. The number of fused-ring (bicyclic) bond motifs is 5. The van der Waals surface area contributed by atoms with Crippen molar-refractivity contribution in [3.8, 4) is 0 Å². The van der Waals surface area contributed by atoms with E-state index in [2.05, 4.69) is 47.6 Å². The number of esters is 1. The maximum Gasteiger partial charge on any atom is 0.321 e. The minimum absolute atomic E-state index is 0.0328. The van der Waals surface area contributed by atoms with Crippen LogP contribution in [0, 0.1) is 52.3 Å². The molecule has 0 heterocycles. The first kappa shape index (κ1) is 26.6. The van der Waals surface area contributed by atoms with Gasteiger partial charge in [0.05, 0.1) is 0 Å². The highest BCUT2D eigenvalue weighted by Crippen LogP contribution is 2.67. The van der Waals surface area contributed by atoms with Crippen molar-refractivity contribution < 1.29 is 9.53 Å². The van der Waals surface area contributed by atoms with Gasteiger partial charge in [0.1, 0.15) is 12.0 Å². The quantitative estimate of drug-likeness (QED) is 0.193. The highest BCUT2D eigenvalue weighted by Gasteiger charge is 2.59. The Morgan fingerprint density at radius 2 is 1.85 bits per heavy atom. The third-order valence-electron chi connectivity index (χ3n) is 11.7. The van der Waals surface area contributed by atoms with Crippen LogP contribution in [0.1, 0.15) is 112 Å². The number of ether oxygens (including phenoxy) is 1. The molecule has 0 aromatic rings. The summed E-state index contributed by atoms with van der Waals surface area (Å²) in [5.41, 5.74) is 2.43. The molecule has 3 fully saturated rings. The zero-order valence-electron chi connectivity index (χ0n) is 22.9. The second-order valence-corrected chi connectivity index (χ2v) is 13.7. The molecule has 7 unspecified atom stereocenters.